The molecule has 0 saturated carbocycles. The lowest BCUT2D eigenvalue weighted by Gasteiger charge is -2.24. The van der Waals surface area contributed by atoms with Crippen LogP contribution in [0.2, 0.25) is 0 Å². The molecule has 3 aromatic rings. The number of hydrogen-bond acceptors (Lipinski definition) is 5. The van der Waals surface area contributed by atoms with Gasteiger partial charge in [0, 0.05) is 26.2 Å². The number of nitrogens with zero attached hydrogens (tertiary/aromatic N) is 4. The minimum Gasteiger partial charge on any atom is -0.298 e. The van der Waals surface area contributed by atoms with E-state index < -0.39 is 0 Å². The molecular formula is C23H28N4OS. The topological polar surface area (TPSA) is 39.7 Å². The molecule has 0 aliphatic carbocycles. The molecule has 1 fully saturated rings. The van der Waals surface area contributed by atoms with E-state index >= 15 is 0 Å². The van der Waals surface area contributed by atoms with E-state index in [1.165, 1.54) is 5.56 Å². The molecule has 2 heterocycles. The van der Waals surface area contributed by atoms with Crippen molar-refractivity contribution in [3.63, 3.8) is 0 Å². The van der Waals surface area contributed by atoms with Crippen molar-refractivity contribution in [2.24, 2.45) is 0 Å². The van der Waals surface area contributed by atoms with Crippen molar-refractivity contribution in [3.05, 3.63) is 60.2 Å². The summed E-state index contributed by atoms with van der Waals surface area (Å²) in [5.41, 5.74) is 2.31. The third-order valence-corrected chi connectivity index (χ3v) is 6.48. The molecule has 1 saturated heterocycles. The highest BCUT2D eigenvalue weighted by Crippen LogP contribution is 2.28. The largest absolute Gasteiger partial charge is 0.298 e. The van der Waals surface area contributed by atoms with Crippen LogP contribution in [-0.4, -0.2) is 60.0 Å². The first-order chi connectivity index (χ1) is 14.2. The smallest absolute Gasteiger partial charge is 0.242 e. The minimum atomic E-state index is 0.142. The predicted octanol–water partition coefficient (Wildman–Crippen LogP) is 3.86. The summed E-state index contributed by atoms with van der Waals surface area (Å²) in [7, 11) is 0. The molecule has 1 aromatic heterocycles. The second-order valence-corrected chi connectivity index (χ2v) is 8.50. The molecule has 0 N–H and O–H groups in total. The zero-order valence-corrected chi connectivity index (χ0v) is 17.8. The van der Waals surface area contributed by atoms with Gasteiger partial charge < -0.3 is 0 Å². The van der Waals surface area contributed by atoms with Gasteiger partial charge in [0.15, 0.2) is 5.13 Å². The van der Waals surface area contributed by atoms with Crippen LogP contribution in [0.4, 0.5) is 5.13 Å². The summed E-state index contributed by atoms with van der Waals surface area (Å²) in [6.07, 6.45) is 1.09. The number of amides is 1. The quantitative estimate of drug-likeness (QED) is 0.621. The van der Waals surface area contributed by atoms with Gasteiger partial charge in [-0.1, -0.05) is 53.8 Å². The summed E-state index contributed by atoms with van der Waals surface area (Å²) in [6, 6.07) is 18.7. The van der Waals surface area contributed by atoms with Crippen LogP contribution in [0.15, 0.2) is 54.6 Å². The van der Waals surface area contributed by atoms with Gasteiger partial charge in [-0.3, -0.25) is 19.5 Å². The Kier molecular flexibility index (Phi) is 6.54. The van der Waals surface area contributed by atoms with E-state index in [0.717, 1.165) is 54.5 Å². The Balaban J connectivity index is 1.35. The molecule has 4 rings (SSSR count). The fraction of sp³-hybridized carbons (Fsp3) is 0.391. The van der Waals surface area contributed by atoms with Crippen LogP contribution >= 0.6 is 11.3 Å². The van der Waals surface area contributed by atoms with Crippen LogP contribution in [0.5, 0.6) is 0 Å². The van der Waals surface area contributed by atoms with Crippen molar-refractivity contribution in [1.82, 2.24) is 14.8 Å². The lowest BCUT2D eigenvalue weighted by Crippen LogP contribution is -2.41. The lowest BCUT2D eigenvalue weighted by atomic mass is 10.2. The van der Waals surface area contributed by atoms with E-state index in [9.17, 15) is 4.79 Å². The average molecular weight is 409 g/mol. The molecule has 6 heteroatoms. The van der Waals surface area contributed by atoms with E-state index in [4.69, 9.17) is 0 Å². The summed E-state index contributed by atoms with van der Waals surface area (Å²) < 4.78 is 1.13. The van der Waals surface area contributed by atoms with Crippen molar-refractivity contribution in [2.75, 3.05) is 44.2 Å². The Morgan fingerprint density at radius 1 is 1.00 bits per heavy atom. The van der Waals surface area contributed by atoms with E-state index in [0.29, 0.717) is 13.1 Å². The van der Waals surface area contributed by atoms with Crippen LogP contribution in [0.1, 0.15) is 18.9 Å². The fourth-order valence-corrected chi connectivity index (χ4v) is 4.90. The summed E-state index contributed by atoms with van der Waals surface area (Å²) >= 11 is 1.59. The molecule has 152 valence electrons. The first kappa shape index (κ1) is 20.0. The fourth-order valence-electron chi connectivity index (χ4n) is 3.85. The number of para-hydroxylation sites is 1. The van der Waals surface area contributed by atoms with E-state index in [1.807, 2.05) is 30.0 Å². The average Bonchev–Trinajstić information content (AvgIpc) is 3.04. The van der Waals surface area contributed by atoms with Crippen molar-refractivity contribution >= 4 is 32.6 Å². The zero-order valence-electron chi connectivity index (χ0n) is 17.0. The van der Waals surface area contributed by atoms with Gasteiger partial charge in [-0.25, -0.2) is 4.98 Å². The number of hydrogen-bond donors (Lipinski definition) is 0. The summed E-state index contributed by atoms with van der Waals surface area (Å²) in [5, 5.41) is 0.805. The van der Waals surface area contributed by atoms with Crippen LogP contribution in [0.3, 0.4) is 0 Å². The molecular weight excluding hydrogens is 380 g/mol. The molecule has 0 spiro atoms. The number of carbonyl (C=O) groups excluding carboxylic acids is 1. The van der Waals surface area contributed by atoms with Crippen molar-refractivity contribution in [2.45, 2.75) is 19.9 Å². The van der Waals surface area contributed by atoms with Crippen LogP contribution in [0, 0.1) is 0 Å². The third kappa shape index (κ3) is 5.01. The highest BCUT2D eigenvalue weighted by molar-refractivity contribution is 7.22. The number of fused-ring (bicyclic) bond motifs is 1. The molecule has 2 aromatic carbocycles. The van der Waals surface area contributed by atoms with Gasteiger partial charge in [-0.2, -0.15) is 0 Å². The Morgan fingerprint density at radius 2 is 1.72 bits per heavy atom. The number of anilines is 1. The number of likely N-dealkylation sites (N-methyl/N-ethyl adjacent to an activating group) is 1. The molecule has 5 nitrogen and oxygen atoms in total. The number of aromatic nitrogens is 1. The van der Waals surface area contributed by atoms with Crippen LogP contribution < -0.4 is 4.90 Å². The van der Waals surface area contributed by atoms with Crippen molar-refractivity contribution in [3.8, 4) is 0 Å². The standard InChI is InChI=1S/C23H28N4OS/c1-2-27(23-24-20-11-6-7-12-21(20)29-23)22(28)18-26-14-8-13-25(15-16-26)17-19-9-4-3-5-10-19/h3-7,9-12H,2,8,13-18H2,1H3. The Morgan fingerprint density at radius 3 is 2.52 bits per heavy atom. The van der Waals surface area contributed by atoms with Gasteiger partial charge in [-0.15, -0.1) is 0 Å². The molecule has 29 heavy (non-hydrogen) atoms. The van der Waals surface area contributed by atoms with Crippen molar-refractivity contribution in [1.29, 1.82) is 0 Å². The molecule has 1 amide bonds. The number of carbonyl (C=O) groups is 1. The van der Waals surface area contributed by atoms with E-state index in [-0.39, 0.29) is 5.91 Å². The molecule has 1 aliphatic rings. The summed E-state index contributed by atoms with van der Waals surface area (Å²) in [6.45, 7) is 8.08. The Hall–Kier alpha value is -2.28. The monoisotopic (exact) mass is 408 g/mol. The first-order valence-corrected chi connectivity index (χ1v) is 11.2. The van der Waals surface area contributed by atoms with Gasteiger partial charge in [-0.05, 0) is 44.1 Å². The molecule has 0 radical (unpaired) electrons. The van der Waals surface area contributed by atoms with Gasteiger partial charge in [0.25, 0.3) is 0 Å². The number of benzene rings is 2. The van der Waals surface area contributed by atoms with Crippen LogP contribution in [-0.2, 0) is 11.3 Å². The normalized spacial score (nSPS) is 16.0. The summed E-state index contributed by atoms with van der Waals surface area (Å²) in [5.74, 6) is 0.142. The highest BCUT2D eigenvalue weighted by atomic mass is 32.1. The number of rotatable bonds is 6. The second-order valence-electron chi connectivity index (χ2n) is 7.49. The van der Waals surface area contributed by atoms with Gasteiger partial charge >= 0.3 is 0 Å². The minimum absolute atomic E-state index is 0.142. The molecule has 0 atom stereocenters. The van der Waals surface area contributed by atoms with E-state index in [2.05, 4.69) is 51.2 Å². The van der Waals surface area contributed by atoms with Crippen LogP contribution in [0.25, 0.3) is 10.2 Å². The second kappa shape index (κ2) is 9.48. The van der Waals surface area contributed by atoms with Gasteiger partial charge in [0.1, 0.15) is 0 Å². The molecule has 0 unspecified atom stereocenters. The zero-order chi connectivity index (χ0) is 20.1. The SMILES string of the molecule is CCN(C(=O)CN1CCCN(Cc2ccccc2)CC1)c1nc2ccccc2s1. The Labute approximate surface area is 176 Å². The van der Waals surface area contributed by atoms with Gasteiger partial charge in [0.2, 0.25) is 5.91 Å². The maximum atomic E-state index is 13.0. The van der Waals surface area contributed by atoms with Crippen molar-refractivity contribution < 1.29 is 4.79 Å². The lowest BCUT2D eigenvalue weighted by molar-refractivity contribution is -0.119. The van der Waals surface area contributed by atoms with Gasteiger partial charge in [0.05, 0.1) is 16.8 Å². The maximum Gasteiger partial charge on any atom is 0.242 e. The predicted molar refractivity (Wildman–Crippen MR) is 120 cm³/mol. The third-order valence-electron chi connectivity index (χ3n) is 5.42. The first-order valence-electron chi connectivity index (χ1n) is 10.4. The Bertz CT molecular complexity index is 909. The summed E-state index contributed by atoms with van der Waals surface area (Å²) in [4.78, 5) is 24.3. The van der Waals surface area contributed by atoms with E-state index in [1.54, 1.807) is 11.3 Å². The molecule has 1 aliphatic heterocycles. The highest BCUT2D eigenvalue weighted by Gasteiger charge is 2.22. The maximum absolute atomic E-state index is 13.0. The molecule has 0 bridgehead atoms. The number of thiazole rings is 1.